The van der Waals surface area contributed by atoms with Crippen LogP contribution in [0.2, 0.25) is 0 Å². The van der Waals surface area contributed by atoms with E-state index in [0.717, 1.165) is 16.3 Å². The molecule has 0 radical (unpaired) electrons. The molecule has 3 aromatic rings. The number of hydrogen-bond acceptors (Lipinski definition) is 3. The molecular weight excluding hydrogens is 338 g/mol. The van der Waals surface area contributed by atoms with Crippen molar-refractivity contribution in [3.05, 3.63) is 102 Å². The summed E-state index contributed by atoms with van der Waals surface area (Å²) in [5, 5.41) is 3.38. The summed E-state index contributed by atoms with van der Waals surface area (Å²) in [6.45, 7) is 4.00. The minimum absolute atomic E-state index is 0.0000240. The summed E-state index contributed by atoms with van der Waals surface area (Å²) in [4.78, 5) is 14.7. The van der Waals surface area contributed by atoms with E-state index in [1.54, 1.807) is 17.8 Å². The fourth-order valence-electron chi connectivity index (χ4n) is 2.56. The lowest BCUT2D eigenvalue weighted by molar-refractivity contribution is 0.104. The van der Waals surface area contributed by atoms with E-state index in [2.05, 4.69) is 42.6 Å². The van der Waals surface area contributed by atoms with Crippen molar-refractivity contribution in [2.45, 2.75) is 23.6 Å². The monoisotopic (exact) mass is 359 g/mol. The quantitative estimate of drug-likeness (QED) is 0.411. The number of aryl methyl sites for hydroxylation is 1. The van der Waals surface area contributed by atoms with Crippen molar-refractivity contribution >= 4 is 23.2 Å². The average molecular weight is 359 g/mol. The molecule has 0 spiro atoms. The summed E-state index contributed by atoms with van der Waals surface area (Å²) in [6.07, 6.45) is 1.64. The van der Waals surface area contributed by atoms with Crippen LogP contribution in [0.3, 0.4) is 0 Å². The Bertz CT molecular complexity index is 917. The molecule has 1 N–H and O–H groups in total. The lowest BCUT2D eigenvalue weighted by atomic mass is 10.1. The molecule has 0 fully saturated rings. The molecule has 130 valence electrons. The van der Waals surface area contributed by atoms with Crippen LogP contribution in [0, 0.1) is 6.92 Å². The van der Waals surface area contributed by atoms with Crippen LogP contribution in [-0.4, -0.2) is 5.78 Å². The number of benzene rings is 3. The topological polar surface area (TPSA) is 29.1 Å². The summed E-state index contributed by atoms with van der Waals surface area (Å²) in [7, 11) is 0. The van der Waals surface area contributed by atoms with Crippen LogP contribution >= 0.6 is 11.8 Å². The van der Waals surface area contributed by atoms with E-state index in [9.17, 15) is 4.79 Å². The normalized spacial score (nSPS) is 11.2. The van der Waals surface area contributed by atoms with Gasteiger partial charge in [-0.05, 0) is 43.7 Å². The number of nitrogens with one attached hydrogen (secondary N) is 1. The van der Waals surface area contributed by atoms with Gasteiger partial charge in [0.05, 0.1) is 5.69 Å². The Labute approximate surface area is 159 Å². The number of ketones is 1. The third kappa shape index (κ3) is 4.87. The number of allylic oxidation sites excluding steroid dienone is 2. The van der Waals surface area contributed by atoms with Crippen molar-refractivity contribution < 1.29 is 4.79 Å². The minimum atomic E-state index is -0.0000240. The molecule has 0 aliphatic carbocycles. The van der Waals surface area contributed by atoms with Gasteiger partial charge in [0.25, 0.3) is 0 Å². The van der Waals surface area contributed by atoms with Crippen LogP contribution in [0.1, 0.15) is 22.8 Å². The van der Waals surface area contributed by atoms with Gasteiger partial charge in [-0.25, -0.2) is 0 Å². The smallest absolute Gasteiger partial charge is 0.187 e. The van der Waals surface area contributed by atoms with Gasteiger partial charge in [0.2, 0.25) is 0 Å². The van der Waals surface area contributed by atoms with Crippen molar-refractivity contribution in [1.82, 2.24) is 0 Å². The van der Waals surface area contributed by atoms with Gasteiger partial charge in [0.15, 0.2) is 5.78 Å². The molecule has 3 heteroatoms. The Morgan fingerprint density at radius 1 is 0.923 bits per heavy atom. The van der Waals surface area contributed by atoms with Gasteiger partial charge >= 0.3 is 0 Å². The number of rotatable bonds is 6. The lowest BCUT2D eigenvalue weighted by Crippen LogP contribution is -2.02. The predicted molar refractivity (Wildman–Crippen MR) is 110 cm³/mol. The Balaban J connectivity index is 1.80. The molecule has 2 nitrogen and oxygen atoms in total. The zero-order valence-corrected chi connectivity index (χ0v) is 15.7. The second kappa shape index (κ2) is 8.54. The maximum absolute atomic E-state index is 12.4. The Morgan fingerprint density at radius 3 is 2.27 bits per heavy atom. The van der Waals surface area contributed by atoms with Gasteiger partial charge in [-0.2, -0.15) is 0 Å². The number of carbonyl (C=O) groups excluding carboxylic acids is 1. The molecule has 3 aromatic carbocycles. The van der Waals surface area contributed by atoms with Gasteiger partial charge in [-0.15, -0.1) is 0 Å². The fraction of sp³-hybridized carbons (Fsp3) is 0.0870. The standard InChI is InChI=1S/C23H21NOS/c1-17-13-14-21(23(15-17)26-20-11-7-4-8-12-20)24-18(2)16-22(25)19-9-5-3-6-10-19/h3-16,24H,1-2H3/b18-16-. The number of hydrogen-bond donors (Lipinski definition) is 1. The van der Waals surface area contributed by atoms with Crippen LogP contribution in [0.5, 0.6) is 0 Å². The van der Waals surface area contributed by atoms with Crippen LogP contribution in [0.25, 0.3) is 0 Å². The largest absolute Gasteiger partial charge is 0.358 e. The van der Waals surface area contributed by atoms with Crippen molar-refractivity contribution in [1.29, 1.82) is 0 Å². The highest BCUT2D eigenvalue weighted by Crippen LogP contribution is 2.34. The summed E-state index contributed by atoms with van der Waals surface area (Å²) < 4.78 is 0. The predicted octanol–water partition coefficient (Wildman–Crippen LogP) is 6.34. The molecular formula is C23H21NOS. The third-order valence-electron chi connectivity index (χ3n) is 3.85. The molecule has 3 rings (SSSR count). The van der Waals surface area contributed by atoms with E-state index in [0.29, 0.717) is 5.56 Å². The molecule has 0 unspecified atom stereocenters. The molecule has 26 heavy (non-hydrogen) atoms. The van der Waals surface area contributed by atoms with Crippen LogP contribution in [0.15, 0.2) is 100 Å². The molecule has 0 aromatic heterocycles. The average Bonchev–Trinajstić information content (AvgIpc) is 2.65. The lowest BCUT2D eigenvalue weighted by Gasteiger charge is -2.13. The summed E-state index contributed by atoms with van der Waals surface area (Å²) >= 11 is 1.71. The second-order valence-corrected chi connectivity index (χ2v) is 7.21. The van der Waals surface area contributed by atoms with Gasteiger partial charge in [-0.1, -0.05) is 66.4 Å². The van der Waals surface area contributed by atoms with Crippen molar-refractivity contribution in [3.63, 3.8) is 0 Å². The van der Waals surface area contributed by atoms with E-state index in [1.165, 1.54) is 10.5 Å². The van der Waals surface area contributed by atoms with E-state index >= 15 is 0 Å². The first-order valence-corrected chi connectivity index (χ1v) is 9.32. The van der Waals surface area contributed by atoms with Gasteiger partial charge in [-0.3, -0.25) is 4.79 Å². The summed E-state index contributed by atoms with van der Waals surface area (Å²) in [5.41, 5.74) is 3.71. The summed E-state index contributed by atoms with van der Waals surface area (Å²) in [6, 6.07) is 25.9. The molecule has 0 saturated heterocycles. The Morgan fingerprint density at radius 2 is 1.58 bits per heavy atom. The van der Waals surface area contributed by atoms with E-state index in [1.807, 2.05) is 55.5 Å². The molecule has 0 saturated carbocycles. The van der Waals surface area contributed by atoms with Crippen molar-refractivity contribution in [2.24, 2.45) is 0 Å². The van der Waals surface area contributed by atoms with Gasteiger partial charge < -0.3 is 5.32 Å². The highest BCUT2D eigenvalue weighted by Gasteiger charge is 2.07. The summed E-state index contributed by atoms with van der Waals surface area (Å²) in [5.74, 6) is -0.0000240. The van der Waals surface area contributed by atoms with E-state index < -0.39 is 0 Å². The maximum atomic E-state index is 12.4. The van der Waals surface area contributed by atoms with E-state index in [4.69, 9.17) is 0 Å². The molecule has 0 bridgehead atoms. The second-order valence-electron chi connectivity index (χ2n) is 6.10. The van der Waals surface area contributed by atoms with Gasteiger partial charge in [0, 0.05) is 27.1 Å². The van der Waals surface area contributed by atoms with Crippen molar-refractivity contribution in [3.8, 4) is 0 Å². The highest BCUT2D eigenvalue weighted by atomic mass is 32.2. The van der Waals surface area contributed by atoms with Crippen molar-refractivity contribution in [2.75, 3.05) is 5.32 Å². The zero-order valence-electron chi connectivity index (χ0n) is 14.9. The maximum Gasteiger partial charge on any atom is 0.187 e. The molecule has 0 aliphatic rings. The van der Waals surface area contributed by atoms with E-state index in [-0.39, 0.29) is 5.78 Å². The highest BCUT2D eigenvalue weighted by molar-refractivity contribution is 7.99. The minimum Gasteiger partial charge on any atom is -0.358 e. The first kappa shape index (κ1) is 18.0. The van der Waals surface area contributed by atoms with Crippen LogP contribution < -0.4 is 5.32 Å². The zero-order chi connectivity index (χ0) is 18.4. The van der Waals surface area contributed by atoms with Gasteiger partial charge in [0.1, 0.15) is 0 Å². The first-order valence-electron chi connectivity index (χ1n) is 8.50. The molecule has 0 amide bonds. The molecule has 0 heterocycles. The Kier molecular flexibility index (Phi) is 5.92. The molecule has 0 aliphatic heterocycles. The molecule has 0 atom stereocenters. The van der Waals surface area contributed by atoms with Crippen LogP contribution in [-0.2, 0) is 0 Å². The Hall–Kier alpha value is -2.78. The SMILES string of the molecule is C/C(=C/C(=O)c1ccccc1)Nc1ccc(C)cc1Sc1ccccc1. The third-order valence-corrected chi connectivity index (χ3v) is 4.91. The van der Waals surface area contributed by atoms with Crippen LogP contribution in [0.4, 0.5) is 5.69 Å². The fourth-order valence-corrected chi connectivity index (χ4v) is 3.58. The first-order chi connectivity index (χ1) is 12.6. The number of anilines is 1. The number of carbonyl (C=O) groups is 1.